The molecule has 0 unspecified atom stereocenters. The Hall–Kier alpha value is -3.26. The predicted octanol–water partition coefficient (Wildman–Crippen LogP) is 4.49. The van der Waals surface area contributed by atoms with Crippen molar-refractivity contribution in [2.45, 2.75) is 38.2 Å². The number of amides is 1. The molecule has 1 fully saturated rings. The first kappa shape index (κ1) is 22.9. The predicted molar refractivity (Wildman–Crippen MR) is 127 cm³/mol. The average molecular weight is 467 g/mol. The Morgan fingerprint density at radius 3 is 2.48 bits per heavy atom. The molecule has 8 heteroatoms. The Bertz CT molecular complexity index is 1130. The van der Waals surface area contributed by atoms with Crippen LogP contribution in [0.15, 0.2) is 64.8 Å². The topological polar surface area (TPSA) is 77.4 Å². The van der Waals surface area contributed by atoms with Crippen LogP contribution >= 0.6 is 11.8 Å². The maximum Gasteiger partial charge on any atom is 0.338 e. The quantitative estimate of drug-likeness (QED) is 0.560. The highest BCUT2D eigenvalue weighted by molar-refractivity contribution is 8.15. The van der Waals surface area contributed by atoms with Crippen molar-refractivity contribution in [2.24, 2.45) is 4.99 Å². The van der Waals surface area contributed by atoms with Crippen LogP contribution < -0.4 is 9.47 Å². The molecule has 172 valence electrons. The summed E-state index contributed by atoms with van der Waals surface area (Å²) in [7, 11) is 3.11. The van der Waals surface area contributed by atoms with E-state index in [0.29, 0.717) is 34.4 Å². The first-order chi connectivity index (χ1) is 16.0. The molecule has 2 aromatic rings. The number of amidine groups is 1. The van der Waals surface area contributed by atoms with Gasteiger partial charge in [-0.3, -0.25) is 9.69 Å². The van der Waals surface area contributed by atoms with Crippen LogP contribution in [-0.2, 0) is 20.9 Å². The van der Waals surface area contributed by atoms with Crippen molar-refractivity contribution >= 4 is 28.8 Å². The summed E-state index contributed by atoms with van der Waals surface area (Å²) in [5.41, 5.74) is 2.48. The van der Waals surface area contributed by atoms with Crippen molar-refractivity contribution in [1.29, 1.82) is 0 Å². The van der Waals surface area contributed by atoms with Gasteiger partial charge in [-0.1, -0.05) is 55.1 Å². The minimum absolute atomic E-state index is 0.0677. The van der Waals surface area contributed by atoms with Gasteiger partial charge in [0, 0.05) is 0 Å². The summed E-state index contributed by atoms with van der Waals surface area (Å²) < 4.78 is 16.5. The van der Waals surface area contributed by atoms with Gasteiger partial charge in [0.2, 0.25) is 5.91 Å². The number of thioether (sulfide) groups is 1. The normalized spacial score (nSPS) is 19.8. The highest BCUT2D eigenvalue weighted by Crippen LogP contribution is 2.45. The molecule has 0 saturated carbocycles. The Morgan fingerprint density at radius 2 is 1.82 bits per heavy atom. The number of fused-ring (bicyclic) bond motifs is 1. The lowest BCUT2D eigenvalue weighted by molar-refractivity contribution is -0.141. The van der Waals surface area contributed by atoms with E-state index in [4.69, 9.17) is 14.2 Å². The maximum absolute atomic E-state index is 13.3. The lowest BCUT2D eigenvalue weighted by Gasteiger charge is -2.33. The largest absolute Gasteiger partial charge is 0.493 e. The second-order valence-electron chi connectivity index (χ2n) is 7.70. The van der Waals surface area contributed by atoms with Gasteiger partial charge in [-0.25, -0.2) is 9.79 Å². The number of esters is 1. The van der Waals surface area contributed by atoms with E-state index in [-0.39, 0.29) is 17.8 Å². The smallest absolute Gasteiger partial charge is 0.338 e. The molecule has 2 aliphatic heterocycles. The molecule has 0 N–H and O–H groups in total. The summed E-state index contributed by atoms with van der Waals surface area (Å²) in [6, 6.07) is 14.2. The van der Waals surface area contributed by atoms with Crippen LogP contribution in [0.2, 0.25) is 0 Å². The van der Waals surface area contributed by atoms with Crippen molar-refractivity contribution < 1.29 is 23.8 Å². The number of carbonyl (C=O) groups excluding carboxylic acids is 2. The number of ether oxygens (including phenoxy) is 3. The number of hydrogen-bond donors (Lipinski definition) is 0. The van der Waals surface area contributed by atoms with Gasteiger partial charge in [-0.05, 0) is 36.6 Å². The minimum atomic E-state index is -0.669. The van der Waals surface area contributed by atoms with Crippen LogP contribution in [0.3, 0.4) is 0 Å². The zero-order valence-corrected chi connectivity index (χ0v) is 19.8. The van der Waals surface area contributed by atoms with Gasteiger partial charge < -0.3 is 14.2 Å². The SMILES string of the molecule is CC[C@H]1SC2=NC(C)=C(C(=O)OCc3ccccc3)[C@@H](c3ccc(OC)c(OC)c3)N2C1=O. The van der Waals surface area contributed by atoms with Crippen LogP contribution in [0, 0.1) is 0 Å². The van der Waals surface area contributed by atoms with E-state index in [0.717, 1.165) is 11.1 Å². The van der Waals surface area contributed by atoms with Gasteiger partial charge in [-0.15, -0.1) is 0 Å². The second kappa shape index (κ2) is 9.70. The molecule has 0 radical (unpaired) electrons. The lowest BCUT2D eigenvalue weighted by Crippen LogP contribution is -2.40. The van der Waals surface area contributed by atoms with Crippen LogP contribution in [0.25, 0.3) is 0 Å². The van der Waals surface area contributed by atoms with Crippen LogP contribution in [-0.4, -0.2) is 41.4 Å². The monoisotopic (exact) mass is 466 g/mol. The third kappa shape index (κ3) is 4.35. The van der Waals surface area contributed by atoms with Crippen molar-refractivity contribution in [3.05, 3.63) is 70.9 Å². The fourth-order valence-corrected chi connectivity index (χ4v) is 5.12. The molecule has 4 rings (SSSR count). The number of allylic oxidation sites excluding steroid dienone is 1. The van der Waals surface area contributed by atoms with Crippen molar-refractivity contribution in [1.82, 2.24) is 4.90 Å². The Balaban J connectivity index is 1.75. The van der Waals surface area contributed by atoms with Crippen LogP contribution in [0.5, 0.6) is 11.5 Å². The fourth-order valence-electron chi connectivity index (χ4n) is 3.99. The van der Waals surface area contributed by atoms with E-state index in [1.165, 1.54) is 11.8 Å². The number of nitrogens with zero attached hydrogens (tertiary/aromatic N) is 2. The number of benzene rings is 2. The van der Waals surface area contributed by atoms with Crippen LogP contribution in [0.1, 0.15) is 37.4 Å². The van der Waals surface area contributed by atoms with Crippen molar-refractivity contribution in [2.75, 3.05) is 14.2 Å². The molecule has 1 amide bonds. The van der Waals surface area contributed by atoms with Gasteiger partial charge in [0.25, 0.3) is 0 Å². The Morgan fingerprint density at radius 1 is 1.09 bits per heavy atom. The lowest BCUT2D eigenvalue weighted by atomic mass is 9.93. The number of methoxy groups -OCH3 is 2. The molecule has 2 aliphatic rings. The molecule has 2 aromatic carbocycles. The van der Waals surface area contributed by atoms with E-state index in [1.54, 1.807) is 38.2 Å². The molecule has 2 atom stereocenters. The Kier molecular flexibility index (Phi) is 6.74. The minimum Gasteiger partial charge on any atom is -0.493 e. The zero-order chi connectivity index (χ0) is 23.5. The highest BCUT2D eigenvalue weighted by atomic mass is 32.2. The molecule has 0 aliphatic carbocycles. The molecule has 33 heavy (non-hydrogen) atoms. The first-order valence-electron chi connectivity index (χ1n) is 10.7. The molecular weight excluding hydrogens is 440 g/mol. The fraction of sp³-hybridized carbons (Fsp3) is 0.320. The van der Waals surface area contributed by atoms with E-state index in [1.807, 2.05) is 43.3 Å². The van der Waals surface area contributed by atoms with Gasteiger partial charge in [0.1, 0.15) is 6.61 Å². The number of hydrogen-bond acceptors (Lipinski definition) is 7. The van der Waals surface area contributed by atoms with Gasteiger partial charge in [0.05, 0.1) is 36.8 Å². The first-order valence-corrected chi connectivity index (χ1v) is 11.6. The molecule has 0 aromatic heterocycles. The molecule has 7 nitrogen and oxygen atoms in total. The average Bonchev–Trinajstić information content (AvgIpc) is 3.16. The molecule has 1 saturated heterocycles. The van der Waals surface area contributed by atoms with E-state index in [9.17, 15) is 9.59 Å². The van der Waals surface area contributed by atoms with E-state index in [2.05, 4.69) is 4.99 Å². The molecule has 2 heterocycles. The number of aliphatic imine (C=N–C) groups is 1. The molecule has 0 spiro atoms. The summed E-state index contributed by atoms with van der Waals surface area (Å²) >= 11 is 1.43. The van der Waals surface area contributed by atoms with Gasteiger partial charge in [-0.2, -0.15) is 0 Å². The Labute approximate surface area is 197 Å². The van der Waals surface area contributed by atoms with Gasteiger partial charge >= 0.3 is 5.97 Å². The molecular formula is C25H26N2O5S. The third-order valence-corrected chi connectivity index (χ3v) is 7.00. The van der Waals surface area contributed by atoms with Crippen molar-refractivity contribution in [3.8, 4) is 11.5 Å². The zero-order valence-electron chi connectivity index (χ0n) is 19.0. The second-order valence-corrected chi connectivity index (χ2v) is 8.87. The van der Waals surface area contributed by atoms with Crippen LogP contribution in [0.4, 0.5) is 0 Å². The van der Waals surface area contributed by atoms with Crippen molar-refractivity contribution in [3.63, 3.8) is 0 Å². The molecule has 0 bridgehead atoms. The summed E-state index contributed by atoms with van der Waals surface area (Å²) in [5.74, 6) is 0.507. The summed E-state index contributed by atoms with van der Waals surface area (Å²) in [5, 5.41) is 0.364. The number of carbonyl (C=O) groups is 2. The summed E-state index contributed by atoms with van der Waals surface area (Å²) in [4.78, 5) is 32.8. The highest BCUT2D eigenvalue weighted by Gasteiger charge is 2.47. The summed E-state index contributed by atoms with van der Waals surface area (Å²) in [6.45, 7) is 3.88. The van der Waals surface area contributed by atoms with E-state index < -0.39 is 12.0 Å². The third-order valence-electron chi connectivity index (χ3n) is 5.68. The maximum atomic E-state index is 13.3. The number of rotatable bonds is 7. The van der Waals surface area contributed by atoms with Gasteiger partial charge in [0.15, 0.2) is 16.7 Å². The standard InChI is InChI=1S/C25H26N2O5S/c1-5-20-23(28)27-22(17-11-12-18(30-3)19(13-17)31-4)21(15(2)26-25(27)33-20)24(29)32-14-16-9-7-6-8-10-16/h6-13,20,22H,5,14H2,1-4H3/t20-,22-/m1/s1. The van der Waals surface area contributed by atoms with E-state index >= 15 is 0 Å². The summed E-state index contributed by atoms with van der Waals surface area (Å²) in [6.07, 6.45) is 0.671.